The lowest BCUT2D eigenvalue weighted by Gasteiger charge is -2.05. The van der Waals surface area contributed by atoms with Gasteiger partial charge >= 0.3 is 0 Å². The molecule has 2 nitrogen and oxygen atoms in total. The van der Waals surface area contributed by atoms with Gasteiger partial charge in [0.15, 0.2) is 11.0 Å². The molecule has 0 radical (unpaired) electrons. The highest BCUT2D eigenvalue weighted by atomic mass is 32.2. The predicted molar refractivity (Wildman–Crippen MR) is 50.1 cm³/mol. The van der Waals surface area contributed by atoms with Crippen LogP contribution in [-0.2, 0) is 0 Å². The van der Waals surface area contributed by atoms with Crippen molar-refractivity contribution in [3.8, 4) is 0 Å². The van der Waals surface area contributed by atoms with E-state index in [1.54, 1.807) is 11.8 Å². The summed E-state index contributed by atoms with van der Waals surface area (Å²) >= 11 is 1.67. The van der Waals surface area contributed by atoms with E-state index in [4.69, 9.17) is 0 Å². The summed E-state index contributed by atoms with van der Waals surface area (Å²) < 4.78 is 12.5. The molecule has 70 valence electrons. The molecule has 0 atom stereocenters. The lowest BCUT2D eigenvalue weighted by molar-refractivity contribution is 0.605. The number of hydrogen-bond acceptors (Lipinski definition) is 3. The first kappa shape index (κ1) is 8.94. The number of thioether (sulfide) groups is 1. The Morgan fingerprint density at radius 2 is 1.85 bits per heavy atom. The van der Waals surface area contributed by atoms with Crippen molar-refractivity contribution in [2.24, 2.45) is 0 Å². The van der Waals surface area contributed by atoms with E-state index in [2.05, 4.69) is 9.97 Å². The van der Waals surface area contributed by atoms with Gasteiger partial charge in [-0.05, 0) is 12.8 Å². The number of halogens is 1. The van der Waals surface area contributed by atoms with Crippen molar-refractivity contribution < 1.29 is 4.39 Å². The maximum atomic E-state index is 12.5. The zero-order valence-electron chi connectivity index (χ0n) is 7.24. The topological polar surface area (TPSA) is 25.8 Å². The second-order valence-electron chi connectivity index (χ2n) is 3.21. The lowest BCUT2D eigenvalue weighted by atomic mass is 10.4. The van der Waals surface area contributed by atoms with Crippen LogP contribution in [0.25, 0.3) is 0 Å². The van der Waals surface area contributed by atoms with Gasteiger partial charge in [0, 0.05) is 5.25 Å². The minimum absolute atomic E-state index is 0.365. The highest BCUT2D eigenvalue weighted by Gasteiger charge is 2.17. The van der Waals surface area contributed by atoms with Gasteiger partial charge in [-0.3, -0.25) is 0 Å². The Balaban J connectivity index is 1.97. The molecule has 0 bridgehead atoms. The van der Waals surface area contributed by atoms with Gasteiger partial charge in [0.05, 0.1) is 12.4 Å². The summed E-state index contributed by atoms with van der Waals surface area (Å²) in [5, 5.41) is 1.35. The summed E-state index contributed by atoms with van der Waals surface area (Å²) in [6, 6.07) is 0. The summed E-state index contributed by atoms with van der Waals surface area (Å²) in [6.07, 6.45) is 7.54. The van der Waals surface area contributed by atoms with Crippen LogP contribution in [0.4, 0.5) is 4.39 Å². The number of rotatable bonds is 2. The fraction of sp³-hybridized carbons (Fsp3) is 0.556. The molecule has 1 aliphatic rings. The summed E-state index contributed by atoms with van der Waals surface area (Å²) in [6.45, 7) is 0. The van der Waals surface area contributed by atoms with E-state index >= 15 is 0 Å². The third kappa shape index (κ3) is 2.40. The van der Waals surface area contributed by atoms with Crippen molar-refractivity contribution >= 4 is 11.8 Å². The predicted octanol–water partition coefficient (Wildman–Crippen LogP) is 2.65. The zero-order chi connectivity index (χ0) is 9.10. The van der Waals surface area contributed by atoms with E-state index in [9.17, 15) is 4.39 Å². The maximum Gasteiger partial charge on any atom is 0.187 e. The van der Waals surface area contributed by atoms with Crippen LogP contribution in [0.2, 0.25) is 0 Å². The van der Waals surface area contributed by atoms with Crippen molar-refractivity contribution in [1.29, 1.82) is 0 Å². The first-order valence-corrected chi connectivity index (χ1v) is 5.37. The number of aromatic nitrogens is 2. The molecule has 1 heterocycles. The van der Waals surface area contributed by atoms with Gasteiger partial charge in [0.25, 0.3) is 0 Å². The molecule has 1 aliphatic carbocycles. The highest BCUT2D eigenvalue weighted by Crippen LogP contribution is 2.32. The standard InChI is InChI=1S/C9H11FN2S/c10-7-5-11-9(12-6-7)13-8-3-1-2-4-8/h5-6,8H,1-4H2. The first-order chi connectivity index (χ1) is 6.34. The molecule has 13 heavy (non-hydrogen) atoms. The molecule has 0 spiro atoms. The van der Waals surface area contributed by atoms with Gasteiger partial charge in [-0.25, -0.2) is 14.4 Å². The number of hydrogen-bond donors (Lipinski definition) is 0. The van der Waals surface area contributed by atoms with Crippen molar-refractivity contribution in [2.45, 2.75) is 36.1 Å². The Bertz CT molecular complexity index is 269. The molecule has 4 heteroatoms. The van der Waals surface area contributed by atoms with Gasteiger partial charge in [-0.2, -0.15) is 0 Å². The monoisotopic (exact) mass is 198 g/mol. The van der Waals surface area contributed by atoms with E-state index in [1.165, 1.54) is 38.1 Å². The second kappa shape index (κ2) is 4.05. The third-order valence-corrected chi connectivity index (χ3v) is 3.40. The minimum atomic E-state index is -0.365. The van der Waals surface area contributed by atoms with Crippen molar-refractivity contribution in [3.05, 3.63) is 18.2 Å². The Kier molecular flexibility index (Phi) is 2.78. The van der Waals surface area contributed by atoms with Crippen LogP contribution in [-0.4, -0.2) is 15.2 Å². The van der Waals surface area contributed by atoms with Gasteiger partial charge in [0.1, 0.15) is 0 Å². The lowest BCUT2D eigenvalue weighted by Crippen LogP contribution is -1.96. The average Bonchev–Trinajstić information content (AvgIpc) is 2.62. The summed E-state index contributed by atoms with van der Waals surface area (Å²) in [4.78, 5) is 7.84. The summed E-state index contributed by atoms with van der Waals surface area (Å²) in [5.41, 5.74) is 0. The Morgan fingerprint density at radius 3 is 2.46 bits per heavy atom. The Labute approximate surface area is 81.0 Å². The molecule has 0 saturated heterocycles. The van der Waals surface area contributed by atoms with Gasteiger partial charge < -0.3 is 0 Å². The molecule has 0 aliphatic heterocycles. The van der Waals surface area contributed by atoms with Gasteiger partial charge in [0.2, 0.25) is 0 Å². The van der Waals surface area contributed by atoms with Crippen LogP contribution in [0.1, 0.15) is 25.7 Å². The van der Waals surface area contributed by atoms with Crippen LogP contribution in [0.3, 0.4) is 0 Å². The van der Waals surface area contributed by atoms with Gasteiger partial charge in [-0.15, -0.1) is 0 Å². The van der Waals surface area contributed by atoms with E-state index < -0.39 is 0 Å². The molecule has 0 N–H and O–H groups in total. The normalized spacial score (nSPS) is 17.9. The SMILES string of the molecule is Fc1cnc(SC2CCCC2)nc1. The number of nitrogens with zero attached hydrogens (tertiary/aromatic N) is 2. The Morgan fingerprint density at radius 1 is 1.23 bits per heavy atom. The molecular formula is C9H11FN2S. The van der Waals surface area contributed by atoms with E-state index in [0.29, 0.717) is 10.4 Å². The fourth-order valence-electron chi connectivity index (χ4n) is 1.52. The van der Waals surface area contributed by atoms with E-state index in [-0.39, 0.29) is 5.82 Å². The molecular weight excluding hydrogens is 187 g/mol. The summed E-state index contributed by atoms with van der Waals surface area (Å²) in [7, 11) is 0. The maximum absolute atomic E-state index is 12.5. The molecule has 0 amide bonds. The van der Waals surface area contributed by atoms with E-state index in [1.807, 2.05) is 0 Å². The third-order valence-electron chi connectivity index (χ3n) is 2.17. The molecule has 0 aromatic carbocycles. The first-order valence-electron chi connectivity index (χ1n) is 4.49. The van der Waals surface area contributed by atoms with Gasteiger partial charge in [-0.1, -0.05) is 24.6 Å². The van der Waals surface area contributed by atoms with Crippen LogP contribution in [0.5, 0.6) is 0 Å². The van der Waals surface area contributed by atoms with Crippen LogP contribution in [0.15, 0.2) is 17.6 Å². The van der Waals surface area contributed by atoms with Crippen molar-refractivity contribution in [1.82, 2.24) is 9.97 Å². The second-order valence-corrected chi connectivity index (χ2v) is 4.48. The molecule has 1 aromatic rings. The summed E-state index contributed by atoms with van der Waals surface area (Å²) in [5.74, 6) is -0.365. The van der Waals surface area contributed by atoms with Crippen LogP contribution < -0.4 is 0 Å². The molecule has 1 aromatic heterocycles. The molecule has 2 rings (SSSR count). The van der Waals surface area contributed by atoms with Crippen molar-refractivity contribution in [3.63, 3.8) is 0 Å². The molecule has 0 unspecified atom stereocenters. The fourth-order valence-corrected chi connectivity index (χ4v) is 2.61. The van der Waals surface area contributed by atoms with Crippen LogP contribution >= 0.6 is 11.8 Å². The minimum Gasteiger partial charge on any atom is -0.228 e. The van der Waals surface area contributed by atoms with E-state index in [0.717, 1.165) is 0 Å². The van der Waals surface area contributed by atoms with Crippen LogP contribution in [0, 0.1) is 5.82 Å². The molecule has 1 fully saturated rings. The highest BCUT2D eigenvalue weighted by molar-refractivity contribution is 7.99. The largest absolute Gasteiger partial charge is 0.228 e. The average molecular weight is 198 g/mol. The van der Waals surface area contributed by atoms with Crippen molar-refractivity contribution in [2.75, 3.05) is 0 Å². The molecule has 1 saturated carbocycles. The Hall–Kier alpha value is -0.640. The quantitative estimate of drug-likeness (QED) is 0.683. The zero-order valence-corrected chi connectivity index (χ0v) is 8.06. The smallest absolute Gasteiger partial charge is 0.187 e.